The number of halogens is 1. The normalized spacial score (nSPS) is 11.2. The molecule has 144 valence electrons. The molecule has 0 fully saturated rings. The van der Waals surface area contributed by atoms with Gasteiger partial charge in [-0.1, -0.05) is 46.3 Å². The summed E-state index contributed by atoms with van der Waals surface area (Å²) >= 11 is 3.29. The number of sulfone groups is 1. The van der Waals surface area contributed by atoms with Crippen LogP contribution in [-0.2, 0) is 26.0 Å². The van der Waals surface area contributed by atoms with Gasteiger partial charge in [0.05, 0.1) is 16.4 Å². The zero-order valence-electron chi connectivity index (χ0n) is 14.8. The topological polar surface area (TPSA) is 72.5 Å². The molecule has 3 aromatic carbocycles. The predicted molar refractivity (Wildman–Crippen MR) is 111 cm³/mol. The number of hydrogen-bond acceptors (Lipinski definition) is 4. The van der Waals surface area contributed by atoms with Crippen LogP contribution in [0.15, 0.2) is 93.1 Å². The van der Waals surface area contributed by atoms with Crippen LogP contribution in [0.1, 0.15) is 5.56 Å². The van der Waals surface area contributed by atoms with Crippen LogP contribution in [-0.4, -0.2) is 20.9 Å². The molecule has 0 aromatic heterocycles. The van der Waals surface area contributed by atoms with Crippen molar-refractivity contribution in [2.75, 3.05) is 11.9 Å². The Bertz CT molecular complexity index is 1030. The second-order valence-electron chi connectivity index (χ2n) is 6.01. The van der Waals surface area contributed by atoms with E-state index in [-0.39, 0.29) is 22.3 Å². The molecule has 1 N–H and O–H groups in total. The number of amides is 1. The number of carbonyl (C=O) groups excluding carboxylic acids is 1. The van der Waals surface area contributed by atoms with Gasteiger partial charge in [0.1, 0.15) is 6.61 Å². The van der Waals surface area contributed by atoms with Crippen LogP contribution in [0.25, 0.3) is 0 Å². The summed E-state index contributed by atoms with van der Waals surface area (Å²) < 4.78 is 31.5. The molecule has 0 atom stereocenters. The van der Waals surface area contributed by atoms with Crippen molar-refractivity contribution in [3.8, 4) is 0 Å². The molecule has 7 heteroatoms. The van der Waals surface area contributed by atoms with Crippen molar-refractivity contribution < 1.29 is 17.9 Å². The summed E-state index contributed by atoms with van der Waals surface area (Å²) in [7, 11) is -3.60. The average Bonchev–Trinajstić information content (AvgIpc) is 2.69. The molecule has 1 amide bonds. The van der Waals surface area contributed by atoms with Gasteiger partial charge >= 0.3 is 0 Å². The first kappa shape index (κ1) is 20.3. The van der Waals surface area contributed by atoms with Gasteiger partial charge < -0.3 is 10.1 Å². The molecule has 0 heterocycles. The number of anilines is 1. The van der Waals surface area contributed by atoms with Crippen LogP contribution in [0.2, 0.25) is 0 Å². The van der Waals surface area contributed by atoms with Crippen molar-refractivity contribution in [2.45, 2.75) is 16.4 Å². The van der Waals surface area contributed by atoms with Gasteiger partial charge in [-0.15, -0.1) is 0 Å². The molecule has 0 bridgehead atoms. The summed E-state index contributed by atoms with van der Waals surface area (Å²) in [5.41, 5.74) is 1.49. The number of carbonyl (C=O) groups is 1. The van der Waals surface area contributed by atoms with Crippen molar-refractivity contribution in [1.29, 1.82) is 0 Å². The standard InChI is InChI=1S/C21H18BrNO4S/c22-17-6-10-19(11-7-17)28(25,26)20-12-8-18(9-13-20)23-21(24)15-27-14-16-4-2-1-3-5-16/h1-13H,14-15H2,(H,23,24). The summed E-state index contributed by atoms with van der Waals surface area (Å²) in [6.07, 6.45) is 0. The highest BCUT2D eigenvalue weighted by Gasteiger charge is 2.17. The lowest BCUT2D eigenvalue weighted by Gasteiger charge is -2.08. The minimum Gasteiger partial charge on any atom is -0.367 e. The minimum absolute atomic E-state index is 0.0894. The Morgan fingerprint density at radius 3 is 2.04 bits per heavy atom. The smallest absolute Gasteiger partial charge is 0.250 e. The minimum atomic E-state index is -3.60. The lowest BCUT2D eigenvalue weighted by atomic mass is 10.2. The Labute approximate surface area is 172 Å². The largest absolute Gasteiger partial charge is 0.367 e. The fourth-order valence-electron chi connectivity index (χ4n) is 2.50. The van der Waals surface area contributed by atoms with Gasteiger partial charge in [-0.05, 0) is 54.1 Å². The summed E-state index contributed by atoms with van der Waals surface area (Å²) in [4.78, 5) is 12.3. The molecule has 0 saturated carbocycles. The summed E-state index contributed by atoms with van der Waals surface area (Å²) in [5.74, 6) is -0.306. The van der Waals surface area contributed by atoms with Gasteiger partial charge in [0.15, 0.2) is 0 Å². The van der Waals surface area contributed by atoms with Crippen LogP contribution in [0.4, 0.5) is 5.69 Å². The first-order valence-corrected chi connectivity index (χ1v) is 10.7. The predicted octanol–water partition coefficient (Wildman–Crippen LogP) is 4.44. The fourth-order valence-corrected chi connectivity index (χ4v) is 4.03. The molecule has 28 heavy (non-hydrogen) atoms. The quantitative estimate of drug-likeness (QED) is 0.566. The maximum atomic E-state index is 12.6. The van der Waals surface area contributed by atoms with Crippen molar-refractivity contribution in [3.63, 3.8) is 0 Å². The van der Waals surface area contributed by atoms with Crippen LogP contribution in [0.3, 0.4) is 0 Å². The van der Waals surface area contributed by atoms with E-state index in [1.807, 2.05) is 30.3 Å². The van der Waals surface area contributed by atoms with Gasteiger partial charge in [-0.2, -0.15) is 0 Å². The van der Waals surface area contributed by atoms with E-state index < -0.39 is 9.84 Å². The first-order chi connectivity index (χ1) is 13.4. The van der Waals surface area contributed by atoms with Crippen LogP contribution < -0.4 is 5.32 Å². The summed E-state index contributed by atoms with van der Waals surface area (Å²) in [6, 6.07) is 22.1. The van der Waals surface area contributed by atoms with Crippen LogP contribution in [0.5, 0.6) is 0 Å². The van der Waals surface area contributed by atoms with Gasteiger partial charge in [0, 0.05) is 10.2 Å². The van der Waals surface area contributed by atoms with Crippen LogP contribution >= 0.6 is 15.9 Å². The van der Waals surface area contributed by atoms with Crippen molar-refractivity contribution in [3.05, 3.63) is 88.9 Å². The van der Waals surface area contributed by atoms with Crippen molar-refractivity contribution in [1.82, 2.24) is 0 Å². The van der Waals surface area contributed by atoms with Crippen molar-refractivity contribution in [2.24, 2.45) is 0 Å². The Hall–Kier alpha value is -2.48. The van der Waals surface area contributed by atoms with Gasteiger partial charge in [-0.3, -0.25) is 4.79 Å². The molecule has 0 unspecified atom stereocenters. The van der Waals surface area contributed by atoms with E-state index in [0.29, 0.717) is 12.3 Å². The van der Waals surface area contributed by atoms with E-state index in [4.69, 9.17) is 4.74 Å². The molecule has 3 rings (SSSR count). The van der Waals surface area contributed by atoms with E-state index in [1.165, 1.54) is 12.1 Å². The Morgan fingerprint density at radius 2 is 1.43 bits per heavy atom. The average molecular weight is 460 g/mol. The lowest BCUT2D eigenvalue weighted by molar-refractivity contribution is -0.121. The van der Waals surface area contributed by atoms with Gasteiger partial charge in [0.25, 0.3) is 0 Å². The second kappa shape index (κ2) is 9.14. The van der Waals surface area contributed by atoms with Gasteiger partial charge in [0.2, 0.25) is 15.7 Å². The third kappa shape index (κ3) is 5.28. The zero-order chi connectivity index (χ0) is 20.0. The zero-order valence-corrected chi connectivity index (χ0v) is 17.2. The number of nitrogens with one attached hydrogen (secondary N) is 1. The molecular weight excluding hydrogens is 442 g/mol. The summed E-state index contributed by atoms with van der Waals surface area (Å²) in [6.45, 7) is 0.256. The highest BCUT2D eigenvalue weighted by molar-refractivity contribution is 9.10. The second-order valence-corrected chi connectivity index (χ2v) is 8.87. The molecular formula is C21H18BrNO4S. The van der Waals surface area contributed by atoms with E-state index in [2.05, 4.69) is 21.2 Å². The van der Waals surface area contributed by atoms with E-state index in [0.717, 1.165) is 10.0 Å². The highest BCUT2D eigenvalue weighted by atomic mass is 79.9. The SMILES string of the molecule is O=C(COCc1ccccc1)Nc1ccc(S(=O)(=O)c2ccc(Br)cc2)cc1. The third-order valence-electron chi connectivity index (χ3n) is 3.92. The molecule has 0 aliphatic carbocycles. The maximum absolute atomic E-state index is 12.6. The molecule has 0 aliphatic heterocycles. The van der Waals surface area contributed by atoms with Crippen molar-refractivity contribution >= 4 is 37.4 Å². The molecule has 0 radical (unpaired) electrons. The Morgan fingerprint density at radius 1 is 0.857 bits per heavy atom. The molecule has 3 aromatic rings. The molecule has 0 spiro atoms. The molecule has 0 saturated heterocycles. The Balaban J connectivity index is 1.58. The summed E-state index contributed by atoms with van der Waals surface area (Å²) in [5, 5.41) is 2.69. The fraction of sp³-hybridized carbons (Fsp3) is 0.0952. The number of benzene rings is 3. The first-order valence-electron chi connectivity index (χ1n) is 8.47. The monoisotopic (exact) mass is 459 g/mol. The lowest BCUT2D eigenvalue weighted by Crippen LogP contribution is -2.18. The molecule has 0 aliphatic rings. The van der Waals surface area contributed by atoms with Gasteiger partial charge in [-0.25, -0.2) is 8.42 Å². The van der Waals surface area contributed by atoms with Crippen LogP contribution in [0, 0.1) is 0 Å². The number of ether oxygens (including phenoxy) is 1. The number of rotatable bonds is 7. The highest BCUT2D eigenvalue weighted by Crippen LogP contribution is 2.23. The van der Waals surface area contributed by atoms with E-state index >= 15 is 0 Å². The third-order valence-corrected chi connectivity index (χ3v) is 6.23. The Kier molecular flexibility index (Phi) is 6.61. The van der Waals surface area contributed by atoms with E-state index in [9.17, 15) is 13.2 Å². The molecule has 5 nitrogen and oxygen atoms in total. The maximum Gasteiger partial charge on any atom is 0.250 e. The van der Waals surface area contributed by atoms with E-state index in [1.54, 1.807) is 36.4 Å². The number of hydrogen-bond donors (Lipinski definition) is 1.